The van der Waals surface area contributed by atoms with Crippen molar-refractivity contribution in [2.75, 3.05) is 0 Å². The van der Waals surface area contributed by atoms with E-state index in [0.29, 0.717) is 0 Å². The first-order chi connectivity index (χ1) is 4.00. The molecule has 0 spiro atoms. The smallest absolute Gasteiger partial charge is 0.822 e. The van der Waals surface area contributed by atoms with Gasteiger partial charge in [-0.05, 0) is 0 Å². The van der Waals surface area contributed by atoms with Crippen LogP contribution < -0.4 is 67.1 Å². The van der Waals surface area contributed by atoms with Gasteiger partial charge in [-0.2, -0.15) is 15.6 Å². The van der Waals surface area contributed by atoms with Crippen LogP contribution in [0.3, 0.4) is 0 Å². The number of hydrogen-bond donors (Lipinski definition) is 0. The molecule has 8 nitrogen and oxygen atoms in total. The zero-order chi connectivity index (χ0) is 9.00. The number of hydrogen-bond acceptors (Lipinski definition) is 8. The molecule has 0 aromatic carbocycles. The van der Waals surface area contributed by atoms with Crippen LogP contribution in [0.4, 0.5) is 0 Å². The van der Waals surface area contributed by atoms with Crippen LogP contribution in [-0.4, -0.2) is 0 Å². The summed E-state index contributed by atoms with van der Waals surface area (Å²) >= 11 is 0. The van der Waals surface area contributed by atoms with Crippen molar-refractivity contribution in [3.63, 3.8) is 0 Å². The predicted molar refractivity (Wildman–Crippen MR) is 15.2 cm³/mol. The van der Waals surface area contributed by atoms with Gasteiger partial charge >= 0.3 is 63.9 Å². The van der Waals surface area contributed by atoms with Crippen molar-refractivity contribution >= 4 is 15.6 Å². The van der Waals surface area contributed by atoms with Crippen LogP contribution >= 0.6 is 15.6 Å². The fraction of sp³-hybridized carbons (Fsp3) is 0. The van der Waals surface area contributed by atoms with E-state index in [4.69, 9.17) is 38.5 Å². The first-order valence-electron chi connectivity index (χ1n) is 1.46. The Morgan fingerprint density at radius 2 is 0.615 bits per heavy atom. The van der Waals surface area contributed by atoms with Gasteiger partial charge < -0.3 is 38.5 Å². The second-order valence-corrected chi connectivity index (χ2v) is 2.68. The van der Waals surface area contributed by atoms with Gasteiger partial charge in [0.05, 0.1) is 0 Å². The molecule has 0 aliphatic carbocycles. The summed E-state index contributed by atoms with van der Waals surface area (Å²) in [5, 5.41) is 0. The van der Waals surface area contributed by atoms with Crippen LogP contribution in [0.15, 0.2) is 0 Å². The van der Waals surface area contributed by atoms with Crippen molar-refractivity contribution in [2.45, 2.75) is 0 Å². The molecule has 0 fully saturated rings. The quantitative estimate of drug-likeness (QED) is 0.313. The van der Waals surface area contributed by atoms with Crippen LogP contribution in [0, 0.1) is 0 Å². The van der Waals surface area contributed by atoms with Crippen LogP contribution in [0.1, 0.15) is 0 Å². The molecule has 0 heterocycles. The Morgan fingerprint density at radius 3 is 0.615 bits per heavy atom. The number of phosphoric acid groups is 2. The maximum absolute atomic E-state index is 8.55. The molecule has 0 aliphatic rings. The van der Waals surface area contributed by atoms with E-state index in [0.717, 1.165) is 0 Å². The molecule has 0 atom stereocenters. The molecule has 0 N–H and O–H groups in total. The Bertz CT molecular complexity index is 132. The van der Waals surface area contributed by atoms with Gasteiger partial charge in [0.25, 0.3) is 0 Å². The summed E-state index contributed by atoms with van der Waals surface area (Å²) in [5.41, 5.74) is 0. The van der Waals surface area contributed by atoms with Gasteiger partial charge in [-0.3, -0.25) is 0 Å². The van der Waals surface area contributed by atoms with Gasteiger partial charge in [-0.25, -0.2) is 0 Å². The molecule has 0 radical (unpaired) electrons. The van der Waals surface area contributed by atoms with E-state index in [1.165, 1.54) is 0 Å². The summed E-state index contributed by atoms with van der Waals surface area (Å²) in [6.45, 7) is 0. The third-order valence-electron chi connectivity index (χ3n) is 0. The van der Waals surface area contributed by atoms with Crippen molar-refractivity contribution < 1.29 is 102 Å². The van der Waals surface area contributed by atoms with Crippen molar-refractivity contribution in [2.24, 2.45) is 0 Å². The van der Waals surface area contributed by atoms with E-state index in [2.05, 4.69) is 0 Å². The van der Waals surface area contributed by atoms with Crippen molar-refractivity contribution in [1.82, 2.24) is 0 Å². The molecule has 64 valence electrons. The molecular formula is Li2O8P2Zr. The van der Waals surface area contributed by atoms with E-state index >= 15 is 0 Å². The van der Waals surface area contributed by atoms with Gasteiger partial charge in [-0.1, -0.05) is 0 Å². The molecule has 0 rings (SSSR count). The summed E-state index contributed by atoms with van der Waals surface area (Å²) in [6, 6.07) is 0. The summed E-state index contributed by atoms with van der Waals surface area (Å²) < 4.78 is 17.1. The Kier molecular flexibility index (Phi) is 28.1. The molecule has 0 amide bonds. The van der Waals surface area contributed by atoms with Gasteiger partial charge in [0.1, 0.15) is 0 Å². The first-order valence-corrected chi connectivity index (χ1v) is 4.38. The molecule has 0 saturated heterocycles. The average molecular weight is 295 g/mol. The fourth-order valence-corrected chi connectivity index (χ4v) is 0. The minimum Gasteiger partial charge on any atom is -0.822 e. The Morgan fingerprint density at radius 1 is 0.615 bits per heavy atom. The van der Waals surface area contributed by atoms with Crippen LogP contribution in [0.25, 0.3) is 0 Å². The molecule has 13 heteroatoms. The van der Waals surface area contributed by atoms with Crippen LogP contribution in [0.2, 0.25) is 0 Å². The summed E-state index contributed by atoms with van der Waals surface area (Å²) in [7, 11) is -10.8. The van der Waals surface area contributed by atoms with Crippen molar-refractivity contribution in [1.29, 1.82) is 0 Å². The molecule has 13 heavy (non-hydrogen) atoms. The summed E-state index contributed by atoms with van der Waals surface area (Å²) in [5.74, 6) is 0. The van der Waals surface area contributed by atoms with E-state index in [1.54, 1.807) is 0 Å². The molecule has 0 saturated carbocycles. The predicted octanol–water partition coefficient (Wildman–Crippen LogP) is -11.6. The summed E-state index contributed by atoms with van der Waals surface area (Å²) in [4.78, 5) is 51.3. The second-order valence-electron chi connectivity index (χ2n) is 0.894. The standard InChI is InChI=1S/2Li.2H3O4P.Zr/c;;2*1-5(2,3)4;/h;;2*(H3,1,2,3,4);/q2*+1;;;+4/p-6. The molecule has 0 bridgehead atoms. The third-order valence-corrected chi connectivity index (χ3v) is 0. The largest absolute Gasteiger partial charge is 4.00 e. The van der Waals surface area contributed by atoms with Gasteiger partial charge in [0, 0.05) is 0 Å². The molecule has 0 aromatic heterocycles. The molecule has 0 unspecified atom stereocenters. The van der Waals surface area contributed by atoms with Crippen LogP contribution in [0.5, 0.6) is 0 Å². The van der Waals surface area contributed by atoms with E-state index in [9.17, 15) is 0 Å². The minimum atomic E-state index is -5.39. The molecule has 0 aromatic rings. The third kappa shape index (κ3) is 410. The SMILES string of the molecule is O=P([O-])([O-])[O-].O=P([O-])([O-])[O-].[Li+].[Li+].[Zr+4]. The van der Waals surface area contributed by atoms with Crippen molar-refractivity contribution in [3.8, 4) is 0 Å². The Balaban J connectivity index is -0.0000000267. The number of rotatable bonds is 0. The maximum Gasteiger partial charge on any atom is 4.00 e. The Labute approximate surface area is 117 Å². The van der Waals surface area contributed by atoms with Crippen LogP contribution in [-0.2, 0) is 35.3 Å². The van der Waals surface area contributed by atoms with Gasteiger partial charge in [0.15, 0.2) is 0 Å². The molecular weight excluding hydrogens is 295 g/mol. The minimum absolute atomic E-state index is 0. The Hall–Kier alpha value is 2.30. The van der Waals surface area contributed by atoms with E-state index in [1.807, 2.05) is 0 Å². The molecule has 0 aliphatic heterocycles. The zero-order valence-corrected chi connectivity index (χ0v) is 10.9. The maximum atomic E-state index is 8.55. The van der Waals surface area contributed by atoms with Crippen molar-refractivity contribution in [3.05, 3.63) is 0 Å². The average Bonchev–Trinajstić information content (AvgIpc) is 1.12. The normalized spacial score (nSPS) is 9.08. The monoisotopic (exact) mass is 294 g/mol. The fourth-order valence-electron chi connectivity index (χ4n) is 0. The first kappa shape index (κ1) is 29.5. The zero-order valence-electron chi connectivity index (χ0n) is 6.66. The van der Waals surface area contributed by atoms with E-state index < -0.39 is 15.6 Å². The van der Waals surface area contributed by atoms with Gasteiger partial charge in [0.2, 0.25) is 0 Å². The van der Waals surface area contributed by atoms with Gasteiger partial charge in [-0.15, -0.1) is 0 Å². The second kappa shape index (κ2) is 12.4. The topological polar surface area (TPSA) is 172 Å². The van der Waals surface area contributed by atoms with E-state index in [-0.39, 0.29) is 63.9 Å². The summed E-state index contributed by atoms with van der Waals surface area (Å²) in [6.07, 6.45) is 0.